The van der Waals surface area contributed by atoms with E-state index in [0.717, 1.165) is 43.5 Å². The van der Waals surface area contributed by atoms with Crippen molar-refractivity contribution in [2.24, 2.45) is 0 Å². The summed E-state index contributed by atoms with van der Waals surface area (Å²) in [5, 5.41) is 0. The smallest absolute Gasteiger partial charge is 0.214 e. The summed E-state index contributed by atoms with van der Waals surface area (Å²) < 4.78 is 27.7. The van der Waals surface area contributed by atoms with E-state index < -0.39 is 10.0 Å². The number of sulfonamides is 1. The zero-order chi connectivity index (χ0) is 17.2. The SMILES string of the molecule is C=CC[N+]1(CC)CCN(S(=O)(=O)CCCCCCCCC)CC1. The summed E-state index contributed by atoms with van der Waals surface area (Å²) in [6, 6.07) is 0. The van der Waals surface area contributed by atoms with E-state index in [1.54, 1.807) is 4.31 Å². The van der Waals surface area contributed by atoms with Gasteiger partial charge in [-0.2, -0.15) is 4.31 Å². The second-order valence-corrected chi connectivity index (χ2v) is 9.00. The first-order valence-corrected chi connectivity index (χ1v) is 11.0. The summed E-state index contributed by atoms with van der Waals surface area (Å²) in [5.74, 6) is 0.328. The van der Waals surface area contributed by atoms with E-state index in [1.165, 1.54) is 32.1 Å². The fraction of sp³-hybridized carbons (Fsp3) is 0.889. The normalized spacial score (nSPS) is 18.9. The number of rotatable bonds is 12. The van der Waals surface area contributed by atoms with Crippen LogP contribution >= 0.6 is 0 Å². The summed E-state index contributed by atoms with van der Waals surface area (Å²) in [5.41, 5.74) is 0. The van der Waals surface area contributed by atoms with E-state index in [-0.39, 0.29) is 0 Å². The number of hydrogen-bond donors (Lipinski definition) is 0. The summed E-state index contributed by atoms with van der Waals surface area (Å²) >= 11 is 0. The van der Waals surface area contributed by atoms with Gasteiger partial charge in [0.05, 0.1) is 45.0 Å². The predicted molar refractivity (Wildman–Crippen MR) is 99.0 cm³/mol. The third-order valence-electron chi connectivity index (χ3n) is 5.23. The van der Waals surface area contributed by atoms with Crippen LogP contribution in [0.25, 0.3) is 0 Å². The molecule has 0 amide bonds. The number of piperazine rings is 1. The summed E-state index contributed by atoms with van der Waals surface area (Å²) in [7, 11) is -3.06. The van der Waals surface area contributed by atoms with Crippen LogP contribution in [0.4, 0.5) is 0 Å². The Morgan fingerprint density at radius 3 is 2.09 bits per heavy atom. The van der Waals surface area contributed by atoms with Gasteiger partial charge in [-0.05, 0) is 19.4 Å². The van der Waals surface area contributed by atoms with Gasteiger partial charge >= 0.3 is 0 Å². The monoisotopic (exact) mass is 345 g/mol. The molecule has 4 nitrogen and oxygen atoms in total. The maximum atomic E-state index is 12.5. The van der Waals surface area contributed by atoms with Crippen LogP contribution in [0.15, 0.2) is 12.7 Å². The molecule has 1 aliphatic rings. The third-order valence-corrected chi connectivity index (χ3v) is 7.19. The number of unbranched alkanes of at least 4 members (excludes halogenated alkanes) is 6. The lowest BCUT2D eigenvalue weighted by molar-refractivity contribution is -0.924. The van der Waals surface area contributed by atoms with Crippen LogP contribution < -0.4 is 0 Å². The van der Waals surface area contributed by atoms with Gasteiger partial charge < -0.3 is 4.48 Å². The van der Waals surface area contributed by atoms with Gasteiger partial charge in [0.1, 0.15) is 0 Å². The molecule has 1 saturated heterocycles. The molecule has 0 aromatic rings. The van der Waals surface area contributed by atoms with Crippen molar-refractivity contribution < 1.29 is 12.9 Å². The number of hydrogen-bond acceptors (Lipinski definition) is 2. The Morgan fingerprint density at radius 1 is 1.00 bits per heavy atom. The molecule has 5 heteroatoms. The Balaban J connectivity index is 2.31. The topological polar surface area (TPSA) is 37.4 Å². The molecule has 1 rings (SSSR count). The average Bonchev–Trinajstić information content (AvgIpc) is 2.54. The van der Waals surface area contributed by atoms with Crippen molar-refractivity contribution in [2.45, 2.75) is 58.8 Å². The van der Waals surface area contributed by atoms with Crippen LogP contribution in [0.1, 0.15) is 58.8 Å². The molecule has 1 heterocycles. The molecule has 0 bridgehead atoms. The highest BCUT2D eigenvalue weighted by Gasteiger charge is 2.34. The standard InChI is InChI=1S/C18H37N2O2S/c1-4-7-8-9-10-11-12-18-23(21,22)19-13-16-20(6-3,15-5-2)17-14-19/h5H,2,4,6-18H2,1,3H3/q+1. The Labute approximate surface area is 144 Å². The first-order chi connectivity index (χ1) is 11.0. The van der Waals surface area contributed by atoms with E-state index in [4.69, 9.17) is 0 Å². The molecule has 0 N–H and O–H groups in total. The largest absolute Gasteiger partial charge is 0.318 e. The molecule has 0 aromatic heterocycles. The lowest BCUT2D eigenvalue weighted by Gasteiger charge is -2.43. The summed E-state index contributed by atoms with van der Waals surface area (Å²) in [4.78, 5) is 0. The van der Waals surface area contributed by atoms with Crippen LogP contribution in [0.5, 0.6) is 0 Å². The highest BCUT2D eigenvalue weighted by atomic mass is 32.2. The Kier molecular flexibility index (Phi) is 9.40. The molecule has 0 spiro atoms. The van der Waals surface area contributed by atoms with Crippen LogP contribution in [0.3, 0.4) is 0 Å². The molecule has 23 heavy (non-hydrogen) atoms. The van der Waals surface area contributed by atoms with Crippen molar-refractivity contribution in [1.82, 2.24) is 4.31 Å². The summed E-state index contributed by atoms with van der Waals surface area (Å²) in [6.45, 7) is 13.4. The number of nitrogens with zero attached hydrogens (tertiary/aromatic N) is 2. The maximum Gasteiger partial charge on any atom is 0.214 e. The molecule has 0 aromatic carbocycles. The number of quaternary nitrogens is 1. The van der Waals surface area contributed by atoms with Crippen molar-refractivity contribution in [2.75, 3.05) is 45.0 Å². The van der Waals surface area contributed by atoms with Crippen LogP contribution in [-0.2, 0) is 10.0 Å². The molecule has 1 fully saturated rings. The first kappa shape index (κ1) is 20.7. The number of likely N-dealkylation sites (N-methyl/N-ethyl adjacent to an activating group) is 1. The molecule has 0 aliphatic carbocycles. The molecular weight excluding hydrogens is 308 g/mol. The van der Waals surface area contributed by atoms with Gasteiger partial charge in [0, 0.05) is 0 Å². The minimum atomic E-state index is -3.06. The van der Waals surface area contributed by atoms with Gasteiger partial charge in [-0.15, -0.1) is 0 Å². The lowest BCUT2D eigenvalue weighted by atomic mass is 10.1. The van der Waals surface area contributed by atoms with Gasteiger partial charge in [-0.1, -0.05) is 52.0 Å². The lowest BCUT2D eigenvalue weighted by Crippen LogP contribution is -2.60. The molecule has 1 aliphatic heterocycles. The molecule has 136 valence electrons. The molecular formula is C18H37N2O2S+. The highest BCUT2D eigenvalue weighted by molar-refractivity contribution is 7.89. The zero-order valence-corrected chi connectivity index (χ0v) is 16.1. The van der Waals surface area contributed by atoms with Gasteiger partial charge in [0.25, 0.3) is 0 Å². The van der Waals surface area contributed by atoms with Crippen LogP contribution in [0, 0.1) is 0 Å². The average molecular weight is 346 g/mol. The third kappa shape index (κ3) is 6.94. The predicted octanol–water partition coefficient (Wildman–Crippen LogP) is 3.41. The Morgan fingerprint density at radius 2 is 1.57 bits per heavy atom. The van der Waals surface area contributed by atoms with Gasteiger partial charge in [0.2, 0.25) is 10.0 Å². The summed E-state index contributed by atoms with van der Waals surface area (Å²) in [6.07, 6.45) is 10.1. The quantitative estimate of drug-likeness (QED) is 0.309. The minimum Gasteiger partial charge on any atom is -0.318 e. The molecule has 0 atom stereocenters. The van der Waals surface area contributed by atoms with Crippen molar-refractivity contribution in [3.05, 3.63) is 12.7 Å². The first-order valence-electron chi connectivity index (χ1n) is 9.43. The second-order valence-electron chi connectivity index (χ2n) is 6.91. The van der Waals surface area contributed by atoms with Gasteiger partial charge in [0.15, 0.2) is 0 Å². The molecule has 0 unspecified atom stereocenters. The second kappa shape index (κ2) is 10.5. The van der Waals surface area contributed by atoms with Gasteiger partial charge in [-0.3, -0.25) is 0 Å². The van der Waals surface area contributed by atoms with E-state index >= 15 is 0 Å². The van der Waals surface area contributed by atoms with Crippen molar-refractivity contribution in [3.63, 3.8) is 0 Å². The maximum absolute atomic E-state index is 12.5. The van der Waals surface area contributed by atoms with Crippen LogP contribution in [0.2, 0.25) is 0 Å². The van der Waals surface area contributed by atoms with Crippen molar-refractivity contribution in [3.8, 4) is 0 Å². The van der Waals surface area contributed by atoms with E-state index in [0.29, 0.717) is 18.8 Å². The van der Waals surface area contributed by atoms with E-state index in [2.05, 4.69) is 20.4 Å². The van der Waals surface area contributed by atoms with Crippen LogP contribution in [-0.4, -0.2) is 62.2 Å². The minimum absolute atomic E-state index is 0.328. The van der Waals surface area contributed by atoms with Crippen molar-refractivity contribution >= 4 is 10.0 Å². The van der Waals surface area contributed by atoms with Gasteiger partial charge in [-0.25, -0.2) is 8.42 Å². The fourth-order valence-electron chi connectivity index (χ4n) is 3.42. The van der Waals surface area contributed by atoms with Crippen molar-refractivity contribution in [1.29, 1.82) is 0 Å². The Hall–Kier alpha value is -0.390. The fourth-order valence-corrected chi connectivity index (χ4v) is 4.97. The molecule has 0 radical (unpaired) electrons. The van der Waals surface area contributed by atoms with E-state index in [1.807, 2.05) is 6.08 Å². The molecule has 0 saturated carbocycles. The highest BCUT2D eigenvalue weighted by Crippen LogP contribution is 2.17. The van der Waals surface area contributed by atoms with E-state index in [9.17, 15) is 8.42 Å². The zero-order valence-electron chi connectivity index (χ0n) is 15.3. The Bertz CT molecular complexity index is 426.